The van der Waals surface area contributed by atoms with E-state index in [4.69, 9.17) is 0 Å². The van der Waals surface area contributed by atoms with E-state index in [-0.39, 0.29) is 5.91 Å². The fourth-order valence-electron chi connectivity index (χ4n) is 3.39. The molecule has 0 aliphatic heterocycles. The minimum absolute atomic E-state index is 0.0753. The maximum absolute atomic E-state index is 12.3. The fraction of sp³-hybridized carbons (Fsp3) is 0.632. The highest BCUT2D eigenvalue weighted by molar-refractivity contribution is 7.99. The summed E-state index contributed by atoms with van der Waals surface area (Å²) in [6, 6.07) is 2.27. The first kappa shape index (κ1) is 21.1. The van der Waals surface area contributed by atoms with E-state index in [1.165, 1.54) is 31.0 Å². The summed E-state index contributed by atoms with van der Waals surface area (Å²) in [6.07, 6.45) is 4.77. The Balaban J connectivity index is 1.50. The second-order valence-corrected chi connectivity index (χ2v) is 9.29. The van der Waals surface area contributed by atoms with Crippen LogP contribution in [0.4, 0.5) is 0 Å². The Morgan fingerprint density at radius 1 is 1.18 bits per heavy atom. The van der Waals surface area contributed by atoms with Gasteiger partial charge in [0.25, 0.3) is 0 Å². The number of carbonyl (C=O) groups is 1. The summed E-state index contributed by atoms with van der Waals surface area (Å²) < 4.78 is 1.94. The minimum atomic E-state index is 0.0753. The van der Waals surface area contributed by atoms with Gasteiger partial charge in [0.15, 0.2) is 10.3 Å². The van der Waals surface area contributed by atoms with Gasteiger partial charge in [-0.3, -0.25) is 4.79 Å². The molecule has 9 heteroatoms. The highest BCUT2D eigenvalue weighted by Gasteiger charge is 2.23. The van der Waals surface area contributed by atoms with E-state index < -0.39 is 0 Å². The molecule has 0 saturated heterocycles. The molecule has 3 rings (SSSR count). The van der Waals surface area contributed by atoms with Crippen LogP contribution in [0.5, 0.6) is 0 Å². The molecule has 2 aromatic heterocycles. The van der Waals surface area contributed by atoms with Gasteiger partial charge in [-0.05, 0) is 38.7 Å². The van der Waals surface area contributed by atoms with Crippen molar-refractivity contribution in [3.8, 4) is 0 Å². The van der Waals surface area contributed by atoms with Gasteiger partial charge in [0.05, 0.1) is 11.5 Å². The average molecular weight is 421 g/mol. The molecule has 1 amide bonds. The predicted molar refractivity (Wildman–Crippen MR) is 112 cm³/mol. The van der Waals surface area contributed by atoms with E-state index in [1.54, 1.807) is 11.8 Å². The van der Waals surface area contributed by atoms with Gasteiger partial charge in [0.1, 0.15) is 5.82 Å². The third kappa shape index (κ3) is 5.70. The quantitative estimate of drug-likeness (QED) is 0.543. The molecule has 2 aromatic rings. The SMILES string of the molecule is Cc1cc(C)nc(SCc2nnc(SCC(=O)NC3CCCCC3C)n2C)n1. The van der Waals surface area contributed by atoms with E-state index in [0.717, 1.165) is 33.9 Å². The van der Waals surface area contributed by atoms with E-state index >= 15 is 0 Å². The molecule has 0 spiro atoms. The second-order valence-electron chi connectivity index (χ2n) is 7.40. The Morgan fingerprint density at radius 2 is 1.89 bits per heavy atom. The molecule has 1 aliphatic carbocycles. The van der Waals surface area contributed by atoms with Crippen molar-refractivity contribution in [2.45, 2.75) is 68.6 Å². The van der Waals surface area contributed by atoms with Gasteiger partial charge in [0, 0.05) is 24.5 Å². The van der Waals surface area contributed by atoms with Crippen molar-refractivity contribution in [3.05, 3.63) is 23.3 Å². The normalized spacial score (nSPS) is 19.6. The topological polar surface area (TPSA) is 85.6 Å². The summed E-state index contributed by atoms with van der Waals surface area (Å²) in [4.78, 5) is 21.2. The molecule has 152 valence electrons. The van der Waals surface area contributed by atoms with Gasteiger partial charge < -0.3 is 9.88 Å². The average Bonchev–Trinajstić information content (AvgIpc) is 2.99. The fourth-order valence-corrected chi connectivity index (χ4v) is 5.06. The first-order valence-corrected chi connectivity index (χ1v) is 11.6. The van der Waals surface area contributed by atoms with Crippen LogP contribution in [0.15, 0.2) is 16.4 Å². The standard InChI is InChI=1S/C19H28N6OS2/c1-12-7-5-6-8-15(12)22-17(26)11-28-19-24-23-16(25(19)4)10-27-18-20-13(2)9-14(3)21-18/h9,12,15H,5-8,10-11H2,1-4H3,(H,22,26). The van der Waals surface area contributed by atoms with Gasteiger partial charge in [0.2, 0.25) is 5.91 Å². The number of thioether (sulfide) groups is 2. The molecule has 1 aliphatic rings. The van der Waals surface area contributed by atoms with Crippen molar-refractivity contribution in [2.24, 2.45) is 13.0 Å². The minimum Gasteiger partial charge on any atom is -0.352 e. The first-order valence-electron chi connectivity index (χ1n) is 9.68. The lowest BCUT2D eigenvalue weighted by molar-refractivity contribution is -0.119. The summed E-state index contributed by atoms with van der Waals surface area (Å²) in [7, 11) is 1.93. The number of rotatable bonds is 7. The Bertz CT molecular complexity index is 805. The van der Waals surface area contributed by atoms with Crippen LogP contribution in [0.3, 0.4) is 0 Å². The summed E-state index contributed by atoms with van der Waals surface area (Å²) >= 11 is 2.97. The zero-order chi connectivity index (χ0) is 20.1. The number of carbonyl (C=O) groups excluding carboxylic acids is 1. The molecule has 28 heavy (non-hydrogen) atoms. The van der Waals surface area contributed by atoms with Crippen LogP contribution < -0.4 is 5.32 Å². The van der Waals surface area contributed by atoms with E-state index in [0.29, 0.717) is 23.5 Å². The van der Waals surface area contributed by atoms with Crippen LogP contribution in [0.2, 0.25) is 0 Å². The Hall–Kier alpha value is -1.61. The molecule has 7 nitrogen and oxygen atoms in total. The largest absolute Gasteiger partial charge is 0.352 e. The van der Waals surface area contributed by atoms with Crippen molar-refractivity contribution in [1.82, 2.24) is 30.0 Å². The zero-order valence-electron chi connectivity index (χ0n) is 16.9. The highest BCUT2D eigenvalue weighted by atomic mass is 32.2. The lowest BCUT2D eigenvalue weighted by Gasteiger charge is -2.29. The van der Waals surface area contributed by atoms with E-state index in [9.17, 15) is 4.79 Å². The van der Waals surface area contributed by atoms with Gasteiger partial charge in [-0.2, -0.15) is 0 Å². The lowest BCUT2D eigenvalue weighted by Crippen LogP contribution is -2.41. The van der Waals surface area contributed by atoms with Gasteiger partial charge in [-0.15, -0.1) is 10.2 Å². The highest BCUT2D eigenvalue weighted by Crippen LogP contribution is 2.25. The van der Waals surface area contributed by atoms with Crippen LogP contribution in [0, 0.1) is 19.8 Å². The van der Waals surface area contributed by atoms with E-state index in [1.807, 2.05) is 31.5 Å². The third-order valence-corrected chi connectivity index (χ3v) is 6.87. The first-order chi connectivity index (χ1) is 13.4. The number of hydrogen-bond acceptors (Lipinski definition) is 7. The maximum atomic E-state index is 12.3. The Labute approximate surface area is 174 Å². The van der Waals surface area contributed by atoms with E-state index in [2.05, 4.69) is 32.4 Å². The maximum Gasteiger partial charge on any atom is 0.230 e. The molecule has 1 saturated carbocycles. The van der Waals surface area contributed by atoms with Crippen LogP contribution in [0.25, 0.3) is 0 Å². The van der Waals surface area contributed by atoms with Crippen LogP contribution in [0.1, 0.15) is 49.8 Å². The van der Waals surface area contributed by atoms with Crippen LogP contribution >= 0.6 is 23.5 Å². The molecule has 0 aromatic carbocycles. The molecule has 2 atom stereocenters. The smallest absolute Gasteiger partial charge is 0.230 e. The summed E-state index contributed by atoms with van der Waals surface area (Å²) in [6.45, 7) is 6.16. The molecular formula is C19H28N6OS2. The Morgan fingerprint density at radius 3 is 2.61 bits per heavy atom. The summed E-state index contributed by atoms with van der Waals surface area (Å²) in [5, 5.41) is 13.2. The number of aryl methyl sites for hydroxylation is 2. The van der Waals surface area contributed by atoms with Crippen LogP contribution in [-0.2, 0) is 17.6 Å². The molecular weight excluding hydrogens is 392 g/mol. The van der Waals surface area contributed by atoms with Gasteiger partial charge in [-0.25, -0.2) is 9.97 Å². The van der Waals surface area contributed by atoms with Crippen LogP contribution in [-0.4, -0.2) is 42.4 Å². The number of nitrogens with one attached hydrogen (secondary N) is 1. The number of amides is 1. The molecule has 0 bridgehead atoms. The van der Waals surface area contributed by atoms with Crippen molar-refractivity contribution >= 4 is 29.4 Å². The molecule has 1 N–H and O–H groups in total. The lowest BCUT2D eigenvalue weighted by atomic mass is 9.86. The molecule has 2 heterocycles. The summed E-state index contributed by atoms with van der Waals surface area (Å²) in [5.74, 6) is 2.48. The van der Waals surface area contributed by atoms with Crippen molar-refractivity contribution < 1.29 is 4.79 Å². The monoisotopic (exact) mass is 420 g/mol. The second kappa shape index (κ2) is 9.73. The van der Waals surface area contributed by atoms with Crippen molar-refractivity contribution in [2.75, 3.05) is 5.75 Å². The van der Waals surface area contributed by atoms with Gasteiger partial charge >= 0.3 is 0 Å². The van der Waals surface area contributed by atoms with Gasteiger partial charge in [-0.1, -0.05) is 43.3 Å². The number of aromatic nitrogens is 5. The van der Waals surface area contributed by atoms with Crippen molar-refractivity contribution in [3.63, 3.8) is 0 Å². The van der Waals surface area contributed by atoms with Crippen molar-refractivity contribution in [1.29, 1.82) is 0 Å². The molecule has 0 radical (unpaired) electrons. The number of nitrogens with zero attached hydrogens (tertiary/aromatic N) is 5. The zero-order valence-corrected chi connectivity index (χ0v) is 18.6. The molecule has 1 fully saturated rings. The Kier molecular flexibility index (Phi) is 7.34. The predicted octanol–water partition coefficient (Wildman–Crippen LogP) is 3.30. The number of hydrogen-bond donors (Lipinski definition) is 1. The molecule has 2 unspecified atom stereocenters. The third-order valence-electron chi connectivity index (χ3n) is 5.01. The summed E-state index contributed by atoms with van der Waals surface area (Å²) in [5.41, 5.74) is 1.92.